The van der Waals surface area contributed by atoms with Crippen molar-refractivity contribution in [1.29, 1.82) is 0 Å². The number of benzene rings is 3. The van der Waals surface area contributed by atoms with Gasteiger partial charge in [0, 0.05) is 22.8 Å². The number of amidine groups is 1. The van der Waals surface area contributed by atoms with Crippen LogP contribution in [0.4, 0.5) is 11.4 Å². The molecule has 1 amide bonds. The van der Waals surface area contributed by atoms with Crippen molar-refractivity contribution in [2.75, 3.05) is 11.4 Å². The highest BCUT2D eigenvalue weighted by Gasteiger charge is 2.34. The molecular weight excluding hydrogens is 498 g/mol. The Morgan fingerprint density at radius 1 is 1.03 bits per heavy atom. The average molecular weight is 528 g/mol. The Bertz CT molecular complexity index is 1430. The van der Waals surface area contributed by atoms with E-state index < -0.39 is 0 Å². The first-order valence-corrected chi connectivity index (χ1v) is 13.7. The minimum Gasteiger partial charge on any atom is -0.363 e. The number of halogens is 1. The Balaban J connectivity index is 1.55. The van der Waals surface area contributed by atoms with Crippen molar-refractivity contribution in [3.63, 3.8) is 0 Å². The predicted molar refractivity (Wildman–Crippen MR) is 158 cm³/mol. The van der Waals surface area contributed by atoms with Crippen LogP contribution in [0.3, 0.4) is 0 Å². The van der Waals surface area contributed by atoms with E-state index in [1.54, 1.807) is 4.90 Å². The molecule has 2 aliphatic rings. The number of para-hydroxylation sites is 1. The monoisotopic (exact) mass is 527 g/mol. The third-order valence-corrected chi connectivity index (χ3v) is 8.09. The zero-order valence-electron chi connectivity index (χ0n) is 21.5. The molecule has 3 aromatic carbocycles. The number of anilines is 1. The largest absolute Gasteiger partial charge is 0.363 e. The summed E-state index contributed by atoms with van der Waals surface area (Å²) in [4.78, 5) is 23.2. The molecule has 0 radical (unpaired) electrons. The van der Waals surface area contributed by atoms with Gasteiger partial charge < -0.3 is 4.90 Å². The van der Waals surface area contributed by atoms with Crippen LogP contribution in [0.1, 0.15) is 44.4 Å². The smallest absolute Gasteiger partial charge is 0.267 e. The lowest BCUT2D eigenvalue weighted by Gasteiger charge is -2.43. The Morgan fingerprint density at radius 2 is 1.70 bits per heavy atom. The van der Waals surface area contributed by atoms with Gasteiger partial charge >= 0.3 is 0 Å². The highest BCUT2D eigenvalue weighted by Crippen LogP contribution is 2.43. The van der Waals surface area contributed by atoms with E-state index in [0.717, 1.165) is 34.6 Å². The summed E-state index contributed by atoms with van der Waals surface area (Å²) in [7, 11) is 0. The topological polar surface area (TPSA) is 35.9 Å². The predicted octanol–water partition coefficient (Wildman–Crippen LogP) is 8.17. The number of hydrogen-bond acceptors (Lipinski definition) is 4. The summed E-state index contributed by atoms with van der Waals surface area (Å²) in [6.45, 7) is 10.1. The van der Waals surface area contributed by atoms with Crippen molar-refractivity contribution < 1.29 is 4.79 Å². The molecule has 3 aromatic rings. The molecule has 0 aromatic heterocycles. The molecule has 2 heterocycles. The lowest BCUT2D eigenvalue weighted by Crippen LogP contribution is -2.44. The number of hydrogen-bond donors (Lipinski definition) is 0. The second-order valence-electron chi connectivity index (χ2n) is 9.83. The lowest BCUT2D eigenvalue weighted by atomic mass is 9.88. The zero-order valence-corrected chi connectivity index (χ0v) is 23.1. The normalized spacial score (nSPS) is 18.9. The van der Waals surface area contributed by atoms with Crippen molar-refractivity contribution >= 4 is 57.5 Å². The molecule has 0 N–H and O–H groups in total. The molecule has 5 rings (SSSR count). The van der Waals surface area contributed by atoms with Crippen molar-refractivity contribution in [1.82, 2.24) is 4.90 Å². The quantitative estimate of drug-likeness (QED) is 0.314. The maximum absolute atomic E-state index is 13.7. The van der Waals surface area contributed by atoms with Crippen molar-refractivity contribution in [3.05, 3.63) is 105 Å². The summed E-state index contributed by atoms with van der Waals surface area (Å²) in [5, 5.41) is 1.29. The van der Waals surface area contributed by atoms with E-state index in [0.29, 0.717) is 21.6 Å². The van der Waals surface area contributed by atoms with E-state index >= 15 is 0 Å². The number of amides is 1. The SMILES string of the molecule is CCN1c2cc(Cl)c(/C=C3/SC(=Nc4ccccc4)N(Cc4ccccc4)C3=O)cc2C(C)=CC1(C)C. The first-order valence-electron chi connectivity index (χ1n) is 12.5. The third-order valence-electron chi connectivity index (χ3n) is 6.75. The van der Waals surface area contributed by atoms with Crippen molar-refractivity contribution in [2.24, 2.45) is 4.99 Å². The van der Waals surface area contributed by atoms with Gasteiger partial charge in [-0.3, -0.25) is 9.69 Å². The van der Waals surface area contributed by atoms with Crippen LogP contribution in [0.25, 0.3) is 11.6 Å². The molecular formula is C31H30ClN3OS. The maximum Gasteiger partial charge on any atom is 0.267 e. The van der Waals surface area contributed by atoms with Gasteiger partial charge in [0.2, 0.25) is 0 Å². The van der Waals surface area contributed by atoms with E-state index in [4.69, 9.17) is 16.6 Å². The van der Waals surface area contributed by atoms with E-state index in [-0.39, 0.29) is 11.4 Å². The lowest BCUT2D eigenvalue weighted by molar-refractivity contribution is -0.122. The molecule has 188 valence electrons. The van der Waals surface area contributed by atoms with Gasteiger partial charge in [-0.15, -0.1) is 0 Å². The number of carbonyl (C=O) groups is 1. The molecule has 2 aliphatic heterocycles. The summed E-state index contributed by atoms with van der Waals surface area (Å²) in [5.41, 5.74) is 6.09. The molecule has 4 nitrogen and oxygen atoms in total. The number of rotatable bonds is 5. The van der Waals surface area contributed by atoms with Crippen LogP contribution in [0.15, 0.2) is 88.8 Å². The van der Waals surface area contributed by atoms with Crippen LogP contribution < -0.4 is 4.90 Å². The number of carbonyl (C=O) groups excluding carboxylic acids is 1. The Hall–Kier alpha value is -3.28. The minimum atomic E-state index is -0.0901. The van der Waals surface area contributed by atoms with E-state index in [1.807, 2.05) is 72.8 Å². The zero-order chi connectivity index (χ0) is 26.2. The standard InChI is InChI=1S/C31H30ClN3OS/c1-5-35-27-18-26(32)23(16-25(27)21(2)19-31(35,3)4)17-28-29(36)34(20-22-12-8-6-9-13-22)30(37-28)33-24-14-10-7-11-15-24/h6-19H,5,20H2,1-4H3/b28-17+,33-30?. The fraction of sp³-hybridized carbons (Fsp3) is 0.226. The second-order valence-corrected chi connectivity index (χ2v) is 11.2. The van der Waals surface area contributed by atoms with Crippen LogP contribution in [0.5, 0.6) is 0 Å². The molecule has 37 heavy (non-hydrogen) atoms. The molecule has 0 saturated carbocycles. The minimum absolute atomic E-state index is 0.0686. The summed E-state index contributed by atoms with van der Waals surface area (Å²) in [5.74, 6) is -0.0686. The van der Waals surface area contributed by atoms with Gasteiger partial charge in [-0.05, 0) is 86.5 Å². The average Bonchev–Trinajstić information content (AvgIpc) is 3.15. The number of aliphatic imine (C=N–C) groups is 1. The second kappa shape index (κ2) is 10.2. The van der Waals surface area contributed by atoms with E-state index in [1.165, 1.54) is 17.3 Å². The molecule has 0 bridgehead atoms. The van der Waals surface area contributed by atoms with Crippen molar-refractivity contribution in [2.45, 2.75) is 39.8 Å². The molecule has 1 fully saturated rings. The van der Waals surface area contributed by atoms with Gasteiger partial charge in [0.1, 0.15) is 0 Å². The van der Waals surface area contributed by atoms with Crippen LogP contribution >= 0.6 is 23.4 Å². The fourth-order valence-electron chi connectivity index (χ4n) is 5.05. The molecule has 0 spiro atoms. The third kappa shape index (κ3) is 5.11. The number of likely N-dealkylation sites (N-methyl/N-ethyl adjacent to an activating group) is 1. The molecule has 0 atom stereocenters. The van der Waals surface area contributed by atoms with Gasteiger partial charge in [-0.1, -0.05) is 66.2 Å². The molecule has 6 heteroatoms. The Morgan fingerprint density at radius 3 is 2.38 bits per heavy atom. The summed E-state index contributed by atoms with van der Waals surface area (Å²) >= 11 is 8.22. The van der Waals surface area contributed by atoms with Gasteiger partial charge in [0.15, 0.2) is 5.17 Å². The van der Waals surface area contributed by atoms with E-state index in [9.17, 15) is 4.79 Å². The number of nitrogens with zero attached hydrogens (tertiary/aromatic N) is 3. The Labute approximate surface area is 228 Å². The molecule has 1 saturated heterocycles. The van der Waals surface area contributed by atoms with Gasteiger partial charge in [-0.25, -0.2) is 4.99 Å². The first-order chi connectivity index (χ1) is 17.8. The summed E-state index contributed by atoms with van der Waals surface area (Å²) < 4.78 is 0. The summed E-state index contributed by atoms with van der Waals surface area (Å²) in [6.07, 6.45) is 4.20. The number of fused-ring (bicyclic) bond motifs is 1. The highest BCUT2D eigenvalue weighted by atomic mass is 35.5. The number of allylic oxidation sites excluding steroid dienone is 1. The molecule has 0 unspecified atom stereocenters. The molecule has 0 aliphatic carbocycles. The Kier molecular flexibility index (Phi) is 7.02. The van der Waals surface area contributed by atoms with E-state index in [2.05, 4.69) is 44.7 Å². The van der Waals surface area contributed by atoms with Crippen LogP contribution in [-0.2, 0) is 11.3 Å². The first kappa shape index (κ1) is 25.4. The maximum atomic E-state index is 13.7. The van der Waals surface area contributed by atoms with Gasteiger partial charge in [-0.2, -0.15) is 0 Å². The van der Waals surface area contributed by atoms with Crippen molar-refractivity contribution in [3.8, 4) is 0 Å². The van der Waals surface area contributed by atoms with Crippen LogP contribution in [0, 0.1) is 0 Å². The number of thioether (sulfide) groups is 1. The van der Waals surface area contributed by atoms with Gasteiger partial charge in [0.25, 0.3) is 5.91 Å². The van der Waals surface area contributed by atoms with Crippen LogP contribution in [0.2, 0.25) is 5.02 Å². The van der Waals surface area contributed by atoms with Crippen LogP contribution in [-0.4, -0.2) is 28.1 Å². The fourth-order valence-corrected chi connectivity index (χ4v) is 6.26. The summed E-state index contributed by atoms with van der Waals surface area (Å²) in [6, 6.07) is 23.9. The van der Waals surface area contributed by atoms with Gasteiger partial charge in [0.05, 0.1) is 22.7 Å². The highest BCUT2D eigenvalue weighted by molar-refractivity contribution is 8.18.